The SMILES string of the molecule is COc1cc(/C=C/C(=O)N2CCN(Cc3csc(-c4ccccc4)n3)CC2)cc(OC)c1. The maximum absolute atomic E-state index is 12.7. The van der Waals surface area contributed by atoms with E-state index >= 15 is 0 Å². The van der Waals surface area contributed by atoms with Crippen LogP contribution in [-0.4, -0.2) is 61.1 Å². The first-order valence-electron chi connectivity index (χ1n) is 10.6. The average Bonchev–Trinajstić information content (AvgIpc) is 3.31. The van der Waals surface area contributed by atoms with Gasteiger partial charge in [-0.3, -0.25) is 9.69 Å². The summed E-state index contributed by atoms with van der Waals surface area (Å²) in [5, 5.41) is 3.18. The largest absolute Gasteiger partial charge is 0.497 e. The first kappa shape index (κ1) is 22.0. The molecule has 1 aromatic heterocycles. The molecular formula is C25H27N3O3S. The van der Waals surface area contributed by atoms with E-state index in [-0.39, 0.29) is 5.91 Å². The lowest BCUT2D eigenvalue weighted by atomic mass is 10.1. The van der Waals surface area contributed by atoms with Gasteiger partial charge in [0, 0.05) is 55.8 Å². The Kier molecular flexibility index (Phi) is 7.19. The minimum atomic E-state index is 0.0199. The van der Waals surface area contributed by atoms with E-state index in [9.17, 15) is 4.79 Å². The fourth-order valence-electron chi connectivity index (χ4n) is 3.65. The number of amides is 1. The Bertz CT molecular complexity index is 1050. The second-order valence-corrected chi connectivity index (χ2v) is 8.45. The number of hydrogen-bond acceptors (Lipinski definition) is 6. The van der Waals surface area contributed by atoms with Crippen LogP contribution in [0.25, 0.3) is 16.6 Å². The van der Waals surface area contributed by atoms with Crippen LogP contribution in [0.5, 0.6) is 11.5 Å². The molecule has 1 saturated heterocycles. The van der Waals surface area contributed by atoms with Crippen LogP contribution in [-0.2, 0) is 11.3 Å². The van der Waals surface area contributed by atoms with E-state index in [0.717, 1.165) is 41.5 Å². The van der Waals surface area contributed by atoms with Gasteiger partial charge in [0.25, 0.3) is 0 Å². The first-order valence-corrected chi connectivity index (χ1v) is 11.4. The van der Waals surface area contributed by atoms with Crippen LogP contribution in [0.3, 0.4) is 0 Å². The maximum Gasteiger partial charge on any atom is 0.246 e. The lowest BCUT2D eigenvalue weighted by Crippen LogP contribution is -2.47. The van der Waals surface area contributed by atoms with Crippen molar-refractivity contribution in [2.45, 2.75) is 6.54 Å². The molecule has 2 aromatic carbocycles. The highest BCUT2D eigenvalue weighted by atomic mass is 32.1. The zero-order valence-corrected chi connectivity index (χ0v) is 19.2. The van der Waals surface area contributed by atoms with Gasteiger partial charge in [0.2, 0.25) is 5.91 Å². The van der Waals surface area contributed by atoms with Crippen molar-refractivity contribution in [1.29, 1.82) is 0 Å². The Morgan fingerprint density at radius 3 is 2.38 bits per heavy atom. The molecule has 6 nitrogen and oxygen atoms in total. The van der Waals surface area contributed by atoms with Gasteiger partial charge in [0.1, 0.15) is 16.5 Å². The van der Waals surface area contributed by atoms with Gasteiger partial charge in [-0.15, -0.1) is 11.3 Å². The Labute approximate surface area is 192 Å². The fourth-order valence-corrected chi connectivity index (χ4v) is 4.46. The van der Waals surface area contributed by atoms with Crippen LogP contribution < -0.4 is 9.47 Å². The Morgan fingerprint density at radius 1 is 1.03 bits per heavy atom. The van der Waals surface area contributed by atoms with E-state index in [1.54, 1.807) is 37.7 Å². The lowest BCUT2D eigenvalue weighted by molar-refractivity contribution is -0.127. The Hall–Kier alpha value is -3.16. The highest BCUT2D eigenvalue weighted by molar-refractivity contribution is 7.13. The summed E-state index contributed by atoms with van der Waals surface area (Å²) in [4.78, 5) is 21.7. The summed E-state index contributed by atoms with van der Waals surface area (Å²) >= 11 is 1.68. The van der Waals surface area contributed by atoms with E-state index in [4.69, 9.17) is 14.5 Å². The van der Waals surface area contributed by atoms with Gasteiger partial charge in [-0.25, -0.2) is 4.98 Å². The van der Waals surface area contributed by atoms with Crippen molar-refractivity contribution < 1.29 is 14.3 Å². The number of nitrogens with zero attached hydrogens (tertiary/aromatic N) is 3. The number of thiazole rings is 1. The van der Waals surface area contributed by atoms with Crippen LogP contribution in [0.15, 0.2) is 60.0 Å². The number of rotatable bonds is 7. The van der Waals surface area contributed by atoms with Gasteiger partial charge in [-0.2, -0.15) is 0 Å². The Balaban J connectivity index is 1.30. The molecule has 0 N–H and O–H groups in total. The summed E-state index contributed by atoms with van der Waals surface area (Å²) in [6.45, 7) is 3.90. The average molecular weight is 450 g/mol. The molecule has 0 radical (unpaired) electrons. The lowest BCUT2D eigenvalue weighted by Gasteiger charge is -2.33. The predicted octanol–water partition coefficient (Wildman–Crippen LogP) is 4.18. The molecular weight excluding hydrogens is 422 g/mol. The summed E-state index contributed by atoms with van der Waals surface area (Å²) in [6, 6.07) is 15.8. The van der Waals surface area contributed by atoms with Crippen LogP contribution in [0.2, 0.25) is 0 Å². The zero-order chi connectivity index (χ0) is 22.3. The highest BCUT2D eigenvalue weighted by Gasteiger charge is 2.20. The molecule has 2 heterocycles. The molecule has 3 aromatic rings. The zero-order valence-electron chi connectivity index (χ0n) is 18.4. The molecule has 166 valence electrons. The number of aromatic nitrogens is 1. The highest BCUT2D eigenvalue weighted by Crippen LogP contribution is 2.25. The molecule has 0 aliphatic carbocycles. The second-order valence-electron chi connectivity index (χ2n) is 7.59. The van der Waals surface area contributed by atoms with E-state index < -0.39 is 0 Å². The molecule has 7 heteroatoms. The van der Waals surface area contributed by atoms with Crippen molar-refractivity contribution in [1.82, 2.24) is 14.8 Å². The monoisotopic (exact) mass is 449 g/mol. The third kappa shape index (κ3) is 5.55. The minimum Gasteiger partial charge on any atom is -0.497 e. The number of carbonyl (C=O) groups is 1. The van der Waals surface area contributed by atoms with E-state index in [1.165, 1.54) is 0 Å². The molecule has 1 aliphatic heterocycles. The fraction of sp³-hybridized carbons (Fsp3) is 0.280. The summed E-state index contributed by atoms with van der Waals surface area (Å²) in [6.07, 6.45) is 3.43. The molecule has 0 spiro atoms. The molecule has 0 saturated carbocycles. The number of methoxy groups -OCH3 is 2. The van der Waals surface area contributed by atoms with Crippen molar-refractivity contribution in [2.24, 2.45) is 0 Å². The van der Waals surface area contributed by atoms with Gasteiger partial charge < -0.3 is 14.4 Å². The first-order chi connectivity index (χ1) is 15.6. The quantitative estimate of drug-likeness (QED) is 0.507. The van der Waals surface area contributed by atoms with Gasteiger partial charge in [-0.05, 0) is 23.8 Å². The molecule has 1 amide bonds. The normalized spacial score (nSPS) is 14.6. The Morgan fingerprint density at radius 2 is 1.72 bits per heavy atom. The van der Waals surface area contributed by atoms with Gasteiger partial charge in [0.15, 0.2) is 0 Å². The third-order valence-electron chi connectivity index (χ3n) is 5.43. The van der Waals surface area contributed by atoms with Gasteiger partial charge in [0.05, 0.1) is 19.9 Å². The number of carbonyl (C=O) groups excluding carboxylic acids is 1. The topological polar surface area (TPSA) is 54.9 Å². The molecule has 0 unspecified atom stereocenters. The number of benzene rings is 2. The standard InChI is InChI=1S/C25H27N3O3S/c1-30-22-14-19(15-23(16-22)31-2)8-9-24(29)28-12-10-27(11-13-28)17-21-18-32-25(26-21)20-6-4-3-5-7-20/h3-9,14-16,18H,10-13,17H2,1-2H3/b9-8+. The second kappa shape index (κ2) is 10.4. The van der Waals surface area contributed by atoms with E-state index in [2.05, 4.69) is 22.4 Å². The number of ether oxygens (including phenoxy) is 2. The molecule has 4 rings (SSSR count). The molecule has 0 bridgehead atoms. The summed E-state index contributed by atoms with van der Waals surface area (Å²) in [5.74, 6) is 1.41. The maximum atomic E-state index is 12.7. The predicted molar refractivity (Wildman–Crippen MR) is 128 cm³/mol. The summed E-state index contributed by atoms with van der Waals surface area (Å²) in [5.41, 5.74) is 3.10. The molecule has 32 heavy (non-hydrogen) atoms. The summed E-state index contributed by atoms with van der Waals surface area (Å²) < 4.78 is 10.6. The van der Waals surface area contributed by atoms with Crippen LogP contribution in [0.1, 0.15) is 11.3 Å². The molecule has 1 fully saturated rings. The number of hydrogen-bond donors (Lipinski definition) is 0. The van der Waals surface area contributed by atoms with Crippen molar-refractivity contribution in [3.8, 4) is 22.1 Å². The van der Waals surface area contributed by atoms with Crippen molar-refractivity contribution in [2.75, 3.05) is 40.4 Å². The van der Waals surface area contributed by atoms with Crippen LogP contribution >= 0.6 is 11.3 Å². The van der Waals surface area contributed by atoms with Crippen molar-refractivity contribution in [3.05, 3.63) is 71.2 Å². The van der Waals surface area contributed by atoms with Gasteiger partial charge >= 0.3 is 0 Å². The van der Waals surface area contributed by atoms with Crippen LogP contribution in [0, 0.1) is 0 Å². The van der Waals surface area contributed by atoms with Crippen molar-refractivity contribution in [3.63, 3.8) is 0 Å². The van der Waals surface area contributed by atoms with E-state index in [0.29, 0.717) is 24.6 Å². The van der Waals surface area contributed by atoms with Crippen LogP contribution in [0.4, 0.5) is 0 Å². The molecule has 1 aliphatic rings. The third-order valence-corrected chi connectivity index (χ3v) is 6.37. The van der Waals surface area contributed by atoms with E-state index in [1.807, 2.05) is 41.3 Å². The number of piperazine rings is 1. The van der Waals surface area contributed by atoms with Gasteiger partial charge in [-0.1, -0.05) is 30.3 Å². The molecule has 0 atom stereocenters. The summed E-state index contributed by atoms with van der Waals surface area (Å²) in [7, 11) is 3.22. The minimum absolute atomic E-state index is 0.0199. The smallest absolute Gasteiger partial charge is 0.246 e. The van der Waals surface area contributed by atoms with Crippen molar-refractivity contribution >= 4 is 23.3 Å².